The van der Waals surface area contributed by atoms with E-state index >= 15 is 0 Å². The highest BCUT2D eigenvalue weighted by molar-refractivity contribution is 5.61. The number of hydrogen-bond acceptors (Lipinski definition) is 4. The Morgan fingerprint density at radius 1 is 1.48 bits per heavy atom. The second kappa shape index (κ2) is 7.66. The number of nitrogens with zero attached hydrogens (tertiary/aromatic N) is 1. The van der Waals surface area contributed by atoms with E-state index in [9.17, 15) is 5.11 Å². The molecular weight excluding hydrogens is 264 g/mol. The number of anilines is 1. The van der Waals surface area contributed by atoms with Crippen molar-refractivity contribution in [1.82, 2.24) is 5.32 Å². The minimum absolute atomic E-state index is 0.254. The molecule has 1 aliphatic rings. The summed E-state index contributed by atoms with van der Waals surface area (Å²) >= 11 is 0. The Balaban J connectivity index is 2.27. The van der Waals surface area contributed by atoms with E-state index in [-0.39, 0.29) is 12.6 Å². The molecule has 21 heavy (non-hydrogen) atoms. The summed E-state index contributed by atoms with van der Waals surface area (Å²) < 4.78 is 5.58. The van der Waals surface area contributed by atoms with Crippen LogP contribution in [0, 0.1) is 5.92 Å². The van der Waals surface area contributed by atoms with Gasteiger partial charge in [0.25, 0.3) is 0 Å². The van der Waals surface area contributed by atoms with Crippen molar-refractivity contribution in [1.29, 1.82) is 0 Å². The van der Waals surface area contributed by atoms with Crippen LogP contribution in [0.3, 0.4) is 0 Å². The Morgan fingerprint density at radius 2 is 2.29 bits per heavy atom. The van der Waals surface area contributed by atoms with Gasteiger partial charge in [0.1, 0.15) is 5.75 Å². The monoisotopic (exact) mass is 292 g/mol. The van der Waals surface area contributed by atoms with Crippen LogP contribution in [0.5, 0.6) is 5.75 Å². The largest absolute Gasteiger partial charge is 0.496 e. The molecule has 1 aliphatic heterocycles. The van der Waals surface area contributed by atoms with Crippen LogP contribution < -0.4 is 15.0 Å². The molecule has 4 heteroatoms. The molecule has 1 aromatic rings. The molecule has 2 rings (SSSR count). The first-order valence-corrected chi connectivity index (χ1v) is 7.97. The number of ether oxygens (including phenoxy) is 1. The van der Waals surface area contributed by atoms with Gasteiger partial charge >= 0.3 is 0 Å². The van der Waals surface area contributed by atoms with Crippen molar-refractivity contribution in [2.24, 2.45) is 5.92 Å². The van der Waals surface area contributed by atoms with E-state index in [0.29, 0.717) is 5.92 Å². The van der Waals surface area contributed by atoms with Crippen LogP contribution in [-0.4, -0.2) is 38.5 Å². The van der Waals surface area contributed by atoms with E-state index in [1.165, 1.54) is 11.3 Å². The smallest absolute Gasteiger partial charge is 0.125 e. The van der Waals surface area contributed by atoms with Crippen molar-refractivity contribution in [3.05, 3.63) is 23.8 Å². The Hall–Kier alpha value is -1.26. The number of benzene rings is 1. The Labute approximate surface area is 128 Å². The van der Waals surface area contributed by atoms with E-state index in [0.717, 1.165) is 38.2 Å². The first kappa shape index (κ1) is 16.1. The van der Waals surface area contributed by atoms with Gasteiger partial charge in [-0.1, -0.05) is 13.0 Å². The predicted octanol–water partition coefficient (Wildman–Crippen LogP) is 2.57. The Morgan fingerprint density at radius 3 is 2.90 bits per heavy atom. The van der Waals surface area contributed by atoms with Crippen molar-refractivity contribution in [3.63, 3.8) is 0 Å². The van der Waals surface area contributed by atoms with Gasteiger partial charge in [0.15, 0.2) is 0 Å². The third-order valence-corrected chi connectivity index (χ3v) is 4.28. The molecule has 0 spiro atoms. The van der Waals surface area contributed by atoms with Crippen molar-refractivity contribution in [2.45, 2.75) is 32.7 Å². The number of hydrogen-bond donors (Lipinski definition) is 2. The van der Waals surface area contributed by atoms with Gasteiger partial charge in [-0.15, -0.1) is 0 Å². The van der Waals surface area contributed by atoms with Gasteiger partial charge in [0, 0.05) is 42.9 Å². The summed E-state index contributed by atoms with van der Waals surface area (Å²) in [5.74, 6) is 1.33. The quantitative estimate of drug-likeness (QED) is 0.811. The van der Waals surface area contributed by atoms with Gasteiger partial charge in [0.05, 0.1) is 7.11 Å². The maximum atomic E-state index is 9.36. The average molecular weight is 292 g/mol. The molecule has 0 bridgehead atoms. The minimum Gasteiger partial charge on any atom is -0.496 e. The maximum Gasteiger partial charge on any atom is 0.125 e. The zero-order valence-corrected chi connectivity index (χ0v) is 13.4. The van der Waals surface area contributed by atoms with Crippen LogP contribution in [0.15, 0.2) is 18.2 Å². The van der Waals surface area contributed by atoms with Gasteiger partial charge < -0.3 is 20.1 Å². The molecule has 0 amide bonds. The fourth-order valence-corrected chi connectivity index (χ4v) is 3.08. The highest BCUT2D eigenvalue weighted by atomic mass is 16.5. The molecule has 1 heterocycles. The molecule has 118 valence electrons. The van der Waals surface area contributed by atoms with Crippen molar-refractivity contribution in [3.8, 4) is 5.75 Å². The SMILES string of the molecule is CCCNC(C)c1c(OC)cccc1N1CCC(CO)C1. The lowest BCUT2D eigenvalue weighted by molar-refractivity contribution is 0.238. The molecular formula is C17H28N2O2. The topological polar surface area (TPSA) is 44.7 Å². The lowest BCUT2D eigenvalue weighted by atomic mass is 10.0. The van der Waals surface area contributed by atoms with E-state index in [4.69, 9.17) is 4.74 Å². The van der Waals surface area contributed by atoms with Gasteiger partial charge in [-0.3, -0.25) is 0 Å². The molecule has 1 saturated heterocycles. The zero-order valence-electron chi connectivity index (χ0n) is 13.4. The molecule has 2 unspecified atom stereocenters. The van der Waals surface area contributed by atoms with Crippen LogP contribution in [0.1, 0.15) is 38.3 Å². The highest BCUT2D eigenvalue weighted by Gasteiger charge is 2.26. The summed E-state index contributed by atoms with van der Waals surface area (Å²) in [5.41, 5.74) is 2.47. The second-order valence-electron chi connectivity index (χ2n) is 5.85. The van der Waals surface area contributed by atoms with E-state index in [1.807, 2.05) is 6.07 Å². The average Bonchev–Trinajstić information content (AvgIpc) is 3.00. The third kappa shape index (κ3) is 3.69. The predicted molar refractivity (Wildman–Crippen MR) is 87.1 cm³/mol. The molecule has 0 aliphatic carbocycles. The van der Waals surface area contributed by atoms with Gasteiger partial charge in [-0.2, -0.15) is 0 Å². The van der Waals surface area contributed by atoms with Gasteiger partial charge in [-0.05, 0) is 38.4 Å². The fraction of sp³-hybridized carbons (Fsp3) is 0.647. The Kier molecular flexibility index (Phi) is 5.88. The summed E-state index contributed by atoms with van der Waals surface area (Å²) in [6.45, 7) is 7.58. The molecule has 0 saturated carbocycles. The molecule has 0 radical (unpaired) electrons. The number of aliphatic hydroxyl groups excluding tert-OH is 1. The molecule has 2 N–H and O–H groups in total. The van der Waals surface area contributed by atoms with Crippen molar-refractivity contribution >= 4 is 5.69 Å². The normalized spacial score (nSPS) is 19.8. The third-order valence-electron chi connectivity index (χ3n) is 4.28. The van der Waals surface area contributed by atoms with Crippen LogP contribution in [0.4, 0.5) is 5.69 Å². The first-order chi connectivity index (χ1) is 10.2. The standard InChI is InChI=1S/C17H28N2O2/c1-4-9-18-13(2)17-15(6-5-7-16(17)21-3)19-10-8-14(11-19)12-20/h5-7,13-14,18,20H,4,8-12H2,1-3H3. The van der Waals surface area contributed by atoms with Crippen molar-refractivity contribution < 1.29 is 9.84 Å². The summed E-state index contributed by atoms with van der Waals surface area (Å²) in [4.78, 5) is 2.38. The van der Waals surface area contributed by atoms with Gasteiger partial charge in [-0.25, -0.2) is 0 Å². The fourth-order valence-electron chi connectivity index (χ4n) is 3.08. The molecule has 4 nitrogen and oxygen atoms in total. The molecule has 1 aromatic carbocycles. The van der Waals surface area contributed by atoms with Crippen LogP contribution in [-0.2, 0) is 0 Å². The lowest BCUT2D eigenvalue weighted by Gasteiger charge is -2.27. The summed E-state index contributed by atoms with van der Waals surface area (Å²) in [7, 11) is 1.73. The highest BCUT2D eigenvalue weighted by Crippen LogP contribution is 2.36. The van der Waals surface area contributed by atoms with Crippen LogP contribution in [0.25, 0.3) is 0 Å². The van der Waals surface area contributed by atoms with Crippen LogP contribution in [0.2, 0.25) is 0 Å². The number of nitrogens with one attached hydrogen (secondary N) is 1. The number of aliphatic hydroxyl groups is 1. The zero-order chi connectivity index (χ0) is 15.2. The minimum atomic E-state index is 0.254. The molecule has 2 atom stereocenters. The second-order valence-corrected chi connectivity index (χ2v) is 5.85. The summed E-state index contributed by atoms with van der Waals surface area (Å²) in [5, 5.41) is 12.9. The van der Waals surface area contributed by atoms with E-state index < -0.39 is 0 Å². The number of methoxy groups -OCH3 is 1. The Bertz CT molecular complexity index is 450. The number of rotatable bonds is 7. The first-order valence-electron chi connectivity index (χ1n) is 7.97. The lowest BCUT2D eigenvalue weighted by Crippen LogP contribution is -2.26. The van der Waals surface area contributed by atoms with E-state index in [2.05, 4.69) is 36.2 Å². The summed E-state index contributed by atoms with van der Waals surface area (Å²) in [6, 6.07) is 6.50. The maximum absolute atomic E-state index is 9.36. The van der Waals surface area contributed by atoms with E-state index in [1.54, 1.807) is 7.11 Å². The summed E-state index contributed by atoms with van der Waals surface area (Å²) in [6.07, 6.45) is 2.18. The van der Waals surface area contributed by atoms with Crippen molar-refractivity contribution in [2.75, 3.05) is 38.3 Å². The van der Waals surface area contributed by atoms with Gasteiger partial charge in [0.2, 0.25) is 0 Å². The molecule has 0 aromatic heterocycles. The molecule has 1 fully saturated rings. The van der Waals surface area contributed by atoms with Crippen LogP contribution >= 0.6 is 0 Å².